The van der Waals surface area contributed by atoms with Gasteiger partial charge in [-0.05, 0) is 50.1 Å². The predicted molar refractivity (Wildman–Crippen MR) is 105 cm³/mol. The number of aryl methyl sites for hydroxylation is 2. The Bertz CT molecular complexity index is 971. The summed E-state index contributed by atoms with van der Waals surface area (Å²) < 4.78 is 0. The highest BCUT2D eigenvalue weighted by Gasteiger charge is 2.31. The van der Waals surface area contributed by atoms with Crippen molar-refractivity contribution in [2.75, 3.05) is 11.4 Å². The Morgan fingerprint density at radius 2 is 1.85 bits per heavy atom. The molecule has 3 heterocycles. The maximum absolute atomic E-state index is 12.4. The van der Waals surface area contributed by atoms with Gasteiger partial charge in [0.1, 0.15) is 5.82 Å². The SMILES string of the molecule is Cc1ccc(-c2ccnc(C[C@@H]3CC(=O)N(c4ccccc4)C3)n2)c(C)n1. The van der Waals surface area contributed by atoms with Gasteiger partial charge in [0, 0.05) is 48.2 Å². The lowest BCUT2D eigenvalue weighted by molar-refractivity contribution is -0.117. The van der Waals surface area contributed by atoms with E-state index >= 15 is 0 Å². The summed E-state index contributed by atoms with van der Waals surface area (Å²) in [7, 11) is 0. The lowest BCUT2D eigenvalue weighted by atomic mass is 10.0. The third-order valence-electron chi connectivity index (χ3n) is 4.95. The Kier molecular flexibility index (Phi) is 4.67. The molecule has 5 heteroatoms. The molecule has 0 spiro atoms. The topological polar surface area (TPSA) is 59.0 Å². The van der Waals surface area contributed by atoms with Gasteiger partial charge in [-0.25, -0.2) is 9.97 Å². The first-order valence-corrected chi connectivity index (χ1v) is 9.22. The first-order valence-electron chi connectivity index (χ1n) is 9.22. The number of nitrogens with zero attached hydrogens (tertiary/aromatic N) is 4. The molecule has 0 aliphatic carbocycles. The van der Waals surface area contributed by atoms with Crippen LogP contribution >= 0.6 is 0 Å². The van der Waals surface area contributed by atoms with E-state index in [0.717, 1.165) is 34.2 Å². The molecule has 27 heavy (non-hydrogen) atoms. The minimum Gasteiger partial charge on any atom is -0.312 e. The van der Waals surface area contributed by atoms with Crippen molar-refractivity contribution in [2.45, 2.75) is 26.7 Å². The molecule has 1 aliphatic heterocycles. The van der Waals surface area contributed by atoms with Crippen molar-refractivity contribution in [1.29, 1.82) is 0 Å². The van der Waals surface area contributed by atoms with Gasteiger partial charge in [0.05, 0.1) is 5.69 Å². The lowest BCUT2D eigenvalue weighted by Gasteiger charge is -2.16. The van der Waals surface area contributed by atoms with E-state index in [1.54, 1.807) is 6.20 Å². The van der Waals surface area contributed by atoms with Crippen LogP contribution in [0.2, 0.25) is 0 Å². The largest absolute Gasteiger partial charge is 0.312 e. The van der Waals surface area contributed by atoms with Crippen LogP contribution in [0.15, 0.2) is 54.7 Å². The highest BCUT2D eigenvalue weighted by Crippen LogP contribution is 2.27. The number of aromatic nitrogens is 3. The molecule has 1 saturated heterocycles. The van der Waals surface area contributed by atoms with E-state index in [4.69, 9.17) is 4.98 Å². The van der Waals surface area contributed by atoms with E-state index in [9.17, 15) is 4.79 Å². The van der Waals surface area contributed by atoms with Gasteiger partial charge in [-0.1, -0.05) is 18.2 Å². The molecule has 0 N–H and O–H groups in total. The summed E-state index contributed by atoms with van der Waals surface area (Å²) in [4.78, 5) is 28.0. The Labute approximate surface area is 159 Å². The molecule has 136 valence electrons. The molecule has 0 radical (unpaired) electrons. The molecule has 4 rings (SSSR count). The standard InChI is InChI=1S/C22H22N4O/c1-15-8-9-19(16(2)24-15)20-10-11-23-21(25-20)12-17-13-22(27)26(14-17)18-6-4-3-5-7-18/h3-11,17H,12-14H2,1-2H3/t17-/m1/s1. The van der Waals surface area contributed by atoms with Crippen LogP contribution in [0.3, 0.4) is 0 Å². The van der Waals surface area contributed by atoms with Crippen LogP contribution in [-0.4, -0.2) is 27.4 Å². The van der Waals surface area contributed by atoms with E-state index in [0.29, 0.717) is 19.4 Å². The number of carbonyl (C=O) groups is 1. The Morgan fingerprint density at radius 3 is 2.63 bits per heavy atom. The normalized spacial score (nSPS) is 16.7. The van der Waals surface area contributed by atoms with Gasteiger partial charge in [0.25, 0.3) is 0 Å². The number of rotatable bonds is 4. The van der Waals surface area contributed by atoms with Crippen LogP contribution in [0.1, 0.15) is 23.6 Å². The third-order valence-corrected chi connectivity index (χ3v) is 4.95. The molecule has 3 aromatic rings. The number of para-hydroxylation sites is 1. The second kappa shape index (κ2) is 7.27. The Morgan fingerprint density at radius 1 is 1.04 bits per heavy atom. The maximum Gasteiger partial charge on any atom is 0.227 e. The van der Waals surface area contributed by atoms with Gasteiger partial charge in [0.15, 0.2) is 0 Å². The molecule has 1 aromatic carbocycles. The Hall–Kier alpha value is -3.08. The number of benzene rings is 1. The molecule has 1 atom stereocenters. The van der Waals surface area contributed by atoms with E-state index in [1.165, 1.54) is 0 Å². The fraction of sp³-hybridized carbons (Fsp3) is 0.273. The second-order valence-corrected chi connectivity index (χ2v) is 7.06. The van der Waals surface area contributed by atoms with Crippen LogP contribution in [0, 0.1) is 19.8 Å². The second-order valence-electron chi connectivity index (χ2n) is 7.06. The minimum absolute atomic E-state index is 0.168. The van der Waals surface area contributed by atoms with Crippen molar-refractivity contribution >= 4 is 11.6 Å². The molecule has 2 aromatic heterocycles. The van der Waals surface area contributed by atoms with Gasteiger partial charge in [0.2, 0.25) is 5.91 Å². The number of amides is 1. The summed E-state index contributed by atoms with van der Waals surface area (Å²) in [5.41, 5.74) is 4.83. The summed E-state index contributed by atoms with van der Waals surface area (Å²) >= 11 is 0. The van der Waals surface area contributed by atoms with Crippen LogP contribution in [0.4, 0.5) is 5.69 Å². The van der Waals surface area contributed by atoms with Crippen molar-refractivity contribution in [1.82, 2.24) is 15.0 Å². The highest BCUT2D eigenvalue weighted by molar-refractivity contribution is 5.95. The van der Waals surface area contributed by atoms with E-state index < -0.39 is 0 Å². The number of hydrogen-bond donors (Lipinski definition) is 0. The third kappa shape index (κ3) is 3.72. The van der Waals surface area contributed by atoms with Gasteiger partial charge in [-0.2, -0.15) is 0 Å². The van der Waals surface area contributed by atoms with Crippen LogP contribution < -0.4 is 4.90 Å². The molecule has 5 nitrogen and oxygen atoms in total. The predicted octanol–water partition coefficient (Wildman–Crippen LogP) is 3.75. The smallest absolute Gasteiger partial charge is 0.227 e. The van der Waals surface area contributed by atoms with Crippen molar-refractivity contribution in [2.24, 2.45) is 5.92 Å². The number of carbonyl (C=O) groups excluding carboxylic acids is 1. The zero-order valence-corrected chi connectivity index (χ0v) is 15.6. The summed E-state index contributed by atoms with van der Waals surface area (Å²) in [6.45, 7) is 4.69. The van der Waals surface area contributed by atoms with Crippen LogP contribution in [0.25, 0.3) is 11.3 Å². The number of pyridine rings is 1. The molecule has 0 unspecified atom stereocenters. The quantitative estimate of drug-likeness (QED) is 0.713. The van der Waals surface area contributed by atoms with Gasteiger partial charge in [-0.3, -0.25) is 9.78 Å². The van der Waals surface area contributed by atoms with Crippen molar-refractivity contribution in [3.05, 3.63) is 71.9 Å². The van der Waals surface area contributed by atoms with Gasteiger partial charge in [-0.15, -0.1) is 0 Å². The fourth-order valence-corrected chi connectivity index (χ4v) is 3.64. The zero-order valence-electron chi connectivity index (χ0n) is 15.6. The first-order chi connectivity index (χ1) is 13.1. The average Bonchev–Trinajstić information content (AvgIpc) is 3.03. The molecule has 0 saturated carbocycles. The molecule has 1 amide bonds. The lowest BCUT2D eigenvalue weighted by Crippen LogP contribution is -2.24. The molecular formula is C22H22N4O. The fourth-order valence-electron chi connectivity index (χ4n) is 3.64. The molecule has 1 fully saturated rings. The van der Waals surface area contributed by atoms with Crippen LogP contribution in [0.5, 0.6) is 0 Å². The van der Waals surface area contributed by atoms with Crippen molar-refractivity contribution < 1.29 is 4.79 Å². The van der Waals surface area contributed by atoms with E-state index in [-0.39, 0.29) is 11.8 Å². The van der Waals surface area contributed by atoms with Gasteiger partial charge >= 0.3 is 0 Å². The summed E-state index contributed by atoms with van der Waals surface area (Å²) in [5.74, 6) is 1.17. The zero-order chi connectivity index (χ0) is 18.8. The number of hydrogen-bond acceptors (Lipinski definition) is 4. The first kappa shape index (κ1) is 17.3. The highest BCUT2D eigenvalue weighted by atomic mass is 16.2. The van der Waals surface area contributed by atoms with Crippen LogP contribution in [-0.2, 0) is 11.2 Å². The van der Waals surface area contributed by atoms with E-state index in [1.807, 2.05) is 61.2 Å². The maximum atomic E-state index is 12.4. The minimum atomic E-state index is 0.168. The van der Waals surface area contributed by atoms with Gasteiger partial charge < -0.3 is 4.90 Å². The summed E-state index contributed by atoms with van der Waals surface area (Å²) in [6, 6.07) is 15.8. The van der Waals surface area contributed by atoms with Crippen molar-refractivity contribution in [3.63, 3.8) is 0 Å². The van der Waals surface area contributed by atoms with E-state index in [2.05, 4.69) is 16.0 Å². The molecular weight excluding hydrogens is 336 g/mol. The average molecular weight is 358 g/mol. The Balaban J connectivity index is 1.51. The summed E-state index contributed by atoms with van der Waals surface area (Å²) in [6.07, 6.45) is 3.03. The summed E-state index contributed by atoms with van der Waals surface area (Å²) in [5, 5.41) is 0. The van der Waals surface area contributed by atoms with Crippen molar-refractivity contribution in [3.8, 4) is 11.3 Å². The number of anilines is 1. The monoisotopic (exact) mass is 358 g/mol. The molecule has 1 aliphatic rings. The molecule has 0 bridgehead atoms.